The molecule has 1 N–H and O–H groups in total. The van der Waals surface area contributed by atoms with Gasteiger partial charge in [0.2, 0.25) is 0 Å². The van der Waals surface area contributed by atoms with Crippen LogP contribution >= 0.6 is 11.8 Å². The number of aliphatic hydroxyl groups is 1. The Morgan fingerprint density at radius 2 is 1.43 bits per heavy atom. The molecule has 2 bridgehead atoms. The number of aromatic nitrogens is 1. The zero-order valence-electron chi connectivity index (χ0n) is 19.8. The summed E-state index contributed by atoms with van der Waals surface area (Å²) < 4.78 is 6.97. The minimum Gasteiger partial charge on any atom is -0.374 e. The van der Waals surface area contributed by atoms with Gasteiger partial charge < -0.3 is 14.1 Å². The van der Waals surface area contributed by atoms with Gasteiger partial charge in [-0.3, -0.25) is 0 Å². The highest BCUT2D eigenvalue weighted by Gasteiger charge is 2.47. The Hall–Kier alpha value is -2.86. The van der Waals surface area contributed by atoms with Crippen LogP contribution in [0.15, 0.2) is 106 Å². The maximum absolute atomic E-state index is 12.0. The van der Waals surface area contributed by atoms with Crippen LogP contribution in [0.4, 0.5) is 0 Å². The molecular formula is C30H31N2O2S+. The molecule has 0 amide bonds. The standard InChI is InChI=1S/C30H31N2O2S/c33-30(24-10-4-1-5-11-24,25-12-6-2-7-13-25)29-20-26(34-31-29)21-32-18-16-23(17-19-32)28(22-32)35-27-14-8-3-9-15-27/h1-15,20,23,28,33H,16-19,21-22H2/q+1/t23?,28-,32?/m0/s1. The van der Waals surface area contributed by atoms with E-state index in [1.807, 2.05) is 78.5 Å². The first-order valence-electron chi connectivity index (χ1n) is 12.5. The third-order valence-corrected chi connectivity index (χ3v) is 9.26. The summed E-state index contributed by atoms with van der Waals surface area (Å²) in [5.41, 5.74) is 0.766. The molecule has 4 aromatic rings. The van der Waals surface area contributed by atoms with Gasteiger partial charge in [0.25, 0.3) is 0 Å². The fraction of sp³-hybridized carbons (Fsp3) is 0.300. The van der Waals surface area contributed by atoms with Crippen molar-refractivity contribution >= 4 is 11.8 Å². The average molecular weight is 484 g/mol. The zero-order chi connectivity index (χ0) is 23.7. The average Bonchev–Trinajstić information content (AvgIpc) is 3.39. The molecule has 4 nitrogen and oxygen atoms in total. The second kappa shape index (κ2) is 9.30. The molecule has 0 spiro atoms. The summed E-state index contributed by atoms with van der Waals surface area (Å²) in [6.45, 7) is 4.36. The molecule has 5 heteroatoms. The molecule has 3 aliphatic heterocycles. The van der Waals surface area contributed by atoms with E-state index in [9.17, 15) is 5.11 Å². The SMILES string of the molecule is OC(c1ccccc1)(c1ccccc1)c1cc(C[N+]23CCC(CC2)[C@@H](Sc2ccccc2)C3)on1. The molecule has 3 saturated heterocycles. The zero-order valence-corrected chi connectivity index (χ0v) is 20.6. The number of hydrogen-bond donors (Lipinski definition) is 1. The van der Waals surface area contributed by atoms with Gasteiger partial charge in [0, 0.05) is 23.8 Å². The van der Waals surface area contributed by atoms with E-state index in [2.05, 4.69) is 35.5 Å². The van der Waals surface area contributed by atoms with E-state index >= 15 is 0 Å². The summed E-state index contributed by atoms with van der Waals surface area (Å²) in [6.07, 6.45) is 2.53. The van der Waals surface area contributed by atoms with Crippen molar-refractivity contribution in [1.29, 1.82) is 0 Å². The first-order valence-corrected chi connectivity index (χ1v) is 13.4. The van der Waals surface area contributed by atoms with Crippen LogP contribution in [0, 0.1) is 5.92 Å². The summed E-state index contributed by atoms with van der Waals surface area (Å²) in [5.74, 6) is 1.65. The molecule has 3 fully saturated rings. The normalized spacial score (nSPS) is 23.9. The summed E-state index contributed by atoms with van der Waals surface area (Å²) in [5, 5.41) is 17.1. The number of rotatable bonds is 7. The van der Waals surface area contributed by atoms with Crippen molar-refractivity contribution in [3.63, 3.8) is 0 Å². The van der Waals surface area contributed by atoms with Gasteiger partial charge in [-0.05, 0) is 29.2 Å². The minimum absolute atomic E-state index is 0.546. The summed E-state index contributed by atoms with van der Waals surface area (Å²) in [6, 6.07) is 32.3. The molecule has 3 aromatic carbocycles. The maximum Gasteiger partial charge on any atom is 0.191 e. The summed E-state index contributed by atoms with van der Waals surface area (Å²) >= 11 is 2.04. The van der Waals surface area contributed by atoms with Crippen LogP contribution in [0.2, 0.25) is 0 Å². The molecular weight excluding hydrogens is 452 g/mol. The highest BCUT2D eigenvalue weighted by atomic mass is 32.2. The Balaban J connectivity index is 1.27. The monoisotopic (exact) mass is 483 g/mol. The predicted octanol–water partition coefficient (Wildman–Crippen LogP) is 5.86. The first kappa shape index (κ1) is 22.6. The highest BCUT2D eigenvalue weighted by molar-refractivity contribution is 8.00. The number of nitrogens with zero attached hydrogens (tertiary/aromatic N) is 2. The van der Waals surface area contributed by atoms with Crippen molar-refractivity contribution in [1.82, 2.24) is 5.16 Å². The molecule has 7 rings (SSSR count). The van der Waals surface area contributed by atoms with Gasteiger partial charge in [0.1, 0.15) is 12.2 Å². The van der Waals surface area contributed by atoms with Crippen LogP contribution in [0.1, 0.15) is 35.4 Å². The molecule has 0 saturated carbocycles. The molecule has 0 aliphatic carbocycles. The smallest absolute Gasteiger partial charge is 0.191 e. The van der Waals surface area contributed by atoms with Crippen LogP contribution < -0.4 is 0 Å². The topological polar surface area (TPSA) is 46.3 Å². The van der Waals surface area contributed by atoms with Gasteiger partial charge in [0.15, 0.2) is 11.4 Å². The summed E-state index contributed by atoms with van der Waals surface area (Å²) in [7, 11) is 0. The number of quaternary nitrogens is 1. The molecule has 178 valence electrons. The maximum atomic E-state index is 12.0. The van der Waals surface area contributed by atoms with E-state index in [1.54, 1.807) is 0 Å². The van der Waals surface area contributed by atoms with Crippen molar-refractivity contribution in [2.24, 2.45) is 5.92 Å². The molecule has 0 unspecified atom stereocenters. The largest absolute Gasteiger partial charge is 0.374 e. The van der Waals surface area contributed by atoms with Gasteiger partial charge in [-0.2, -0.15) is 0 Å². The van der Waals surface area contributed by atoms with Gasteiger partial charge in [-0.1, -0.05) is 84.0 Å². The van der Waals surface area contributed by atoms with Gasteiger partial charge in [-0.15, -0.1) is 11.8 Å². The Morgan fingerprint density at radius 1 is 0.857 bits per heavy atom. The Bertz CT molecular complexity index is 1210. The van der Waals surface area contributed by atoms with Crippen molar-refractivity contribution < 1.29 is 14.1 Å². The van der Waals surface area contributed by atoms with E-state index in [-0.39, 0.29) is 0 Å². The van der Waals surface area contributed by atoms with Crippen molar-refractivity contribution in [3.8, 4) is 0 Å². The van der Waals surface area contributed by atoms with Crippen molar-refractivity contribution in [2.75, 3.05) is 19.6 Å². The van der Waals surface area contributed by atoms with Crippen molar-refractivity contribution in [3.05, 3.63) is 120 Å². The highest BCUT2D eigenvalue weighted by Crippen LogP contribution is 2.43. The number of thioether (sulfide) groups is 1. The van der Waals surface area contributed by atoms with Crippen LogP contribution in [0.25, 0.3) is 0 Å². The van der Waals surface area contributed by atoms with Gasteiger partial charge >= 0.3 is 0 Å². The lowest BCUT2D eigenvalue weighted by molar-refractivity contribution is -0.954. The lowest BCUT2D eigenvalue weighted by Crippen LogP contribution is -2.62. The van der Waals surface area contributed by atoms with Crippen LogP contribution in [0.3, 0.4) is 0 Å². The number of piperidine rings is 3. The number of fused-ring (bicyclic) bond motifs is 3. The summed E-state index contributed by atoms with van der Waals surface area (Å²) in [4.78, 5) is 1.36. The van der Waals surface area contributed by atoms with E-state index in [1.165, 1.54) is 30.8 Å². The molecule has 3 aliphatic rings. The quantitative estimate of drug-likeness (QED) is 0.335. The van der Waals surface area contributed by atoms with E-state index < -0.39 is 5.60 Å². The molecule has 35 heavy (non-hydrogen) atoms. The lowest BCUT2D eigenvalue weighted by atomic mass is 9.83. The van der Waals surface area contributed by atoms with E-state index in [0.29, 0.717) is 10.9 Å². The second-order valence-corrected chi connectivity index (χ2v) is 11.4. The van der Waals surface area contributed by atoms with Gasteiger partial charge in [-0.25, -0.2) is 0 Å². The second-order valence-electron chi connectivity index (χ2n) is 10.1. The molecule has 1 atom stereocenters. The molecule has 4 heterocycles. The van der Waals surface area contributed by atoms with Crippen LogP contribution in [-0.4, -0.2) is 39.6 Å². The van der Waals surface area contributed by atoms with Crippen LogP contribution in [0.5, 0.6) is 0 Å². The number of benzene rings is 3. The molecule has 1 aromatic heterocycles. The first-order chi connectivity index (χ1) is 17.1. The lowest BCUT2D eigenvalue weighted by Gasteiger charge is -2.52. The Labute approximate surface area is 211 Å². The van der Waals surface area contributed by atoms with Gasteiger partial charge in [0.05, 0.1) is 24.9 Å². The molecule has 0 radical (unpaired) electrons. The Morgan fingerprint density at radius 3 is 2.03 bits per heavy atom. The minimum atomic E-state index is -1.36. The third kappa shape index (κ3) is 4.33. The number of hydrogen-bond acceptors (Lipinski definition) is 4. The third-order valence-electron chi connectivity index (χ3n) is 7.88. The van der Waals surface area contributed by atoms with Crippen LogP contribution in [-0.2, 0) is 12.1 Å². The fourth-order valence-electron chi connectivity index (χ4n) is 5.96. The van der Waals surface area contributed by atoms with Crippen molar-refractivity contribution in [2.45, 2.75) is 35.1 Å². The Kier molecular flexibility index (Phi) is 6.01. The van der Waals surface area contributed by atoms with E-state index in [4.69, 9.17) is 4.52 Å². The fourth-order valence-corrected chi connectivity index (χ4v) is 7.48. The van der Waals surface area contributed by atoms with E-state index in [0.717, 1.165) is 40.4 Å². The predicted molar refractivity (Wildman–Crippen MR) is 139 cm³/mol.